The number of fused-ring (bicyclic) bond motifs is 1. The van der Waals surface area contributed by atoms with E-state index in [0.29, 0.717) is 14.5 Å². The van der Waals surface area contributed by atoms with Gasteiger partial charge in [-0.05, 0) is 0 Å². The second kappa shape index (κ2) is 2.59. The van der Waals surface area contributed by atoms with Crippen LogP contribution in [0, 0.1) is 10.4 Å². The number of aromatic nitrogens is 1. The zero-order valence-electron chi connectivity index (χ0n) is 6.05. The van der Waals surface area contributed by atoms with Crippen LogP contribution in [0.2, 0.25) is 0 Å². The standard InChI is InChI=1S/C8H7NSSe/c1-5-2-3-7-6(4-5)9-8(10)11-7/h2-4H,1H3,(H,9,10). The van der Waals surface area contributed by atoms with Crippen molar-refractivity contribution in [2.24, 2.45) is 0 Å². The van der Waals surface area contributed by atoms with Crippen molar-refractivity contribution >= 4 is 36.5 Å². The SMILES string of the molecule is Cc1ccc2[se]c(=S)[nH]c2c1. The average molecular weight is 228 g/mol. The average Bonchev–Trinajstić information content (AvgIpc) is 2.27. The topological polar surface area (TPSA) is 15.8 Å². The van der Waals surface area contributed by atoms with Gasteiger partial charge in [-0.15, -0.1) is 0 Å². The summed E-state index contributed by atoms with van der Waals surface area (Å²) in [7, 11) is 0. The molecule has 1 aromatic heterocycles. The molecule has 1 aromatic carbocycles. The summed E-state index contributed by atoms with van der Waals surface area (Å²) in [6.45, 7) is 2.09. The predicted octanol–water partition coefficient (Wildman–Crippen LogP) is 2.26. The molecule has 2 rings (SSSR count). The Hall–Kier alpha value is -0.371. The minimum absolute atomic E-state index is 0.373. The summed E-state index contributed by atoms with van der Waals surface area (Å²) in [5.41, 5.74) is 2.51. The number of aryl methyl sites for hydroxylation is 1. The second-order valence-corrected chi connectivity index (χ2v) is 5.71. The molecule has 0 atom stereocenters. The number of hydrogen-bond acceptors (Lipinski definition) is 1. The summed E-state index contributed by atoms with van der Waals surface area (Å²) >= 11 is 5.46. The van der Waals surface area contributed by atoms with Crippen LogP contribution in [0.15, 0.2) is 18.2 Å². The van der Waals surface area contributed by atoms with Crippen molar-refractivity contribution < 1.29 is 0 Å². The Kier molecular flexibility index (Phi) is 1.72. The van der Waals surface area contributed by atoms with Crippen LogP contribution in [-0.4, -0.2) is 19.5 Å². The normalized spacial score (nSPS) is 10.6. The van der Waals surface area contributed by atoms with E-state index in [2.05, 4.69) is 30.1 Å². The fourth-order valence-corrected chi connectivity index (χ4v) is 3.15. The third-order valence-electron chi connectivity index (χ3n) is 1.57. The zero-order valence-corrected chi connectivity index (χ0v) is 8.58. The summed E-state index contributed by atoms with van der Waals surface area (Å²) in [4.78, 5) is 3.20. The molecule has 0 aliphatic heterocycles. The number of rotatable bonds is 0. The molecule has 0 spiro atoms. The molecule has 11 heavy (non-hydrogen) atoms. The van der Waals surface area contributed by atoms with Gasteiger partial charge in [0.05, 0.1) is 0 Å². The number of aromatic amines is 1. The van der Waals surface area contributed by atoms with Crippen LogP contribution in [0.25, 0.3) is 9.78 Å². The van der Waals surface area contributed by atoms with Gasteiger partial charge >= 0.3 is 75.7 Å². The Morgan fingerprint density at radius 3 is 3.09 bits per heavy atom. The van der Waals surface area contributed by atoms with E-state index in [0.717, 1.165) is 3.51 Å². The molecule has 3 heteroatoms. The summed E-state index contributed by atoms with van der Waals surface area (Å²) < 4.78 is 2.38. The van der Waals surface area contributed by atoms with Gasteiger partial charge in [0.2, 0.25) is 0 Å². The quantitative estimate of drug-likeness (QED) is 0.540. The first-order valence-electron chi connectivity index (χ1n) is 3.35. The van der Waals surface area contributed by atoms with Crippen molar-refractivity contribution in [1.29, 1.82) is 0 Å². The molecular formula is C8H7NSSe. The molecule has 1 N–H and O–H groups in total. The summed E-state index contributed by atoms with van der Waals surface area (Å²) in [6, 6.07) is 6.45. The molecule has 2 aromatic rings. The predicted molar refractivity (Wildman–Crippen MR) is 50.8 cm³/mol. The van der Waals surface area contributed by atoms with Gasteiger partial charge in [-0.25, -0.2) is 0 Å². The number of hydrogen-bond donors (Lipinski definition) is 1. The van der Waals surface area contributed by atoms with Gasteiger partial charge in [-0.2, -0.15) is 0 Å². The summed E-state index contributed by atoms with van der Waals surface area (Å²) in [6.07, 6.45) is 0. The molecule has 56 valence electrons. The van der Waals surface area contributed by atoms with Gasteiger partial charge in [0, 0.05) is 0 Å². The Bertz CT molecular complexity index is 441. The summed E-state index contributed by atoms with van der Waals surface area (Å²) in [5.74, 6) is 0. The van der Waals surface area contributed by atoms with E-state index >= 15 is 0 Å². The van der Waals surface area contributed by atoms with Crippen LogP contribution in [0.3, 0.4) is 0 Å². The first-order chi connectivity index (χ1) is 5.25. The molecule has 0 amide bonds. The van der Waals surface area contributed by atoms with Crippen LogP contribution in [0.5, 0.6) is 0 Å². The van der Waals surface area contributed by atoms with Crippen molar-refractivity contribution in [1.82, 2.24) is 4.98 Å². The number of nitrogens with one attached hydrogen (secondary N) is 1. The van der Waals surface area contributed by atoms with Gasteiger partial charge in [0.15, 0.2) is 0 Å². The fourth-order valence-electron chi connectivity index (χ4n) is 1.07. The number of benzene rings is 1. The van der Waals surface area contributed by atoms with Crippen molar-refractivity contribution in [3.05, 3.63) is 27.3 Å². The van der Waals surface area contributed by atoms with E-state index in [1.807, 2.05) is 0 Å². The third kappa shape index (κ3) is 1.32. The molecule has 0 saturated carbocycles. The van der Waals surface area contributed by atoms with Crippen LogP contribution < -0.4 is 0 Å². The van der Waals surface area contributed by atoms with Crippen LogP contribution >= 0.6 is 12.2 Å². The first-order valence-corrected chi connectivity index (χ1v) is 5.47. The molecule has 0 aliphatic carbocycles. The first kappa shape index (κ1) is 7.29. The number of H-pyrrole nitrogens is 1. The van der Waals surface area contributed by atoms with E-state index < -0.39 is 0 Å². The van der Waals surface area contributed by atoms with Gasteiger partial charge < -0.3 is 0 Å². The van der Waals surface area contributed by atoms with Crippen molar-refractivity contribution in [2.75, 3.05) is 0 Å². The second-order valence-electron chi connectivity index (χ2n) is 2.51. The molecule has 0 bridgehead atoms. The van der Waals surface area contributed by atoms with E-state index in [-0.39, 0.29) is 0 Å². The Balaban J connectivity index is 2.92. The molecule has 1 heterocycles. The molecule has 0 fully saturated rings. The molecule has 0 aliphatic rings. The Labute approximate surface area is 75.8 Å². The minimum atomic E-state index is 0.373. The Morgan fingerprint density at radius 1 is 1.45 bits per heavy atom. The molecular weight excluding hydrogens is 221 g/mol. The molecule has 1 nitrogen and oxygen atoms in total. The molecule has 0 unspecified atom stereocenters. The van der Waals surface area contributed by atoms with Gasteiger partial charge in [0.1, 0.15) is 0 Å². The van der Waals surface area contributed by atoms with Crippen LogP contribution in [-0.2, 0) is 0 Å². The van der Waals surface area contributed by atoms with E-state index in [4.69, 9.17) is 12.2 Å². The maximum atomic E-state index is 5.08. The van der Waals surface area contributed by atoms with Crippen molar-refractivity contribution in [2.45, 2.75) is 6.92 Å². The van der Waals surface area contributed by atoms with Gasteiger partial charge in [-0.1, -0.05) is 0 Å². The van der Waals surface area contributed by atoms with Crippen molar-refractivity contribution in [3.63, 3.8) is 0 Å². The van der Waals surface area contributed by atoms with E-state index in [1.165, 1.54) is 15.3 Å². The zero-order chi connectivity index (χ0) is 7.84. The third-order valence-corrected chi connectivity index (χ3v) is 3.92. The monoisotopic (exact) mass is 229 g/mol. The summed E-state index contributed by atoms with van der Waals surface area (Å²) in [5, 5.41) is 0. The van der Waals surface area contributed by atoms with E-state index in [1.54, 1.807) is 0 Å². The van der Waals surface area contributed by atoms with E-state index in [9.17, 15) is 0 Å². The van der Waals surface area contributed by atoms with Crippen LogP contribution in [0.1, 0.15) is 5.56 Å². The molecule has 0 saturated heterocycles. The van der Waals surface area contributed by atoms with Gasteiger partial charge in [0.25, 0.3) is 0 Å². The Morgan fingerprint density at radius 2 is 2.27 bits per heavy atom. The van der Waals surface area contributed by atoms with Crippen molar-refractivity contribution in [3.8, 4) is 0 Å². The van der Waals surface area contributed by atoms with Gasteiger partial charge in [-0.3, -0.25) is 0 Å². The maximum absolute atomic E-state index is 5.08. The molecule has 0 radical (unpaired) electrons. The fraction of sp³-hybridized carbons (Fsp3) is 0.125. The van der Waals surface area contributed by atoms with Crippen LogP contribution in [0.4, 0.5) is 0 Å².